The third-order valence-corrected chi connectivity index (χ3v) is 4.93. The second-order valence-electron chi connectivity index (χ2n) is 4.62. The van der Waals surface area contributed by atoms with Crippen molar-refractivity contribution < 1.29 is 17.9 Å². The van der Waals surface area contributed by atoms with E-state index >= 15 is 0 Å². The van der Waals surface area contributed by atoms with Gasteiger partial charge in [-0.05, 0) is 36.8 Å². The van der Waals surface area contributed by atoms with Gasteiger partial charge in [-0.25, -0.2) is 13.2 Å². The third kappa shape index (κ3) is 3.35. The van der Waals surface area contributed by atoms with E-state index in [0.29, 0.717) is 5.56 Å². The molecule has 0 aromatic heterocycles. The summed E-state index contributed by atoms with van der Waals surface area (Å²) in [5, 5.41) is 0. The number of hydrogen-bond acceptors (Lipinski definition) is 5. The fourth-order valence-electron chi connectivity index (χ4n) is 1.96. The minimum atomic E-state index is -3.57. The number of carbonyl (C=O) groups excluding carboxylic acids is 1. The zero-order valence-corrected chi connectivity index (χ0v) is 12.9. The van der Waals surface area contributed by atoms with Gasteiger partial charge in [0, 0.05) is 0 Å². The van der Waals surface area contributed by atoms with Gasteiger partial charge in [-0.15, -0.1) is 0 Å². The molecule has 116 valence electrons. The number of nitrogens with two attached hydrogens (primary N) is 1. The smallest absolute Gasteiger partial charge is 0.327 e. The van der Waals surface area contributed by atoms with Crippen LogP contribution in [-0.4, -0.2) is 21.0 Å². The topological polar surface area (TPSA) is 86.5 Å². The maximum absolute atomic E-state index is 12.4. The summed E-state index contributed by atoms with van der Waals surface area (Å²) in [4.78, 5) is 12.0. The van der Waals surface area contributed by atoms with Crippen molar-refractivity contribution in [2.45, 2.75) is 22.8 Å². The zero-order chi connectivity index (χ0) is 16.2. The van der Waals surface area contributed by atoms with Crippen molar-refractivity contribution in [3.63, 3.8) is 0 Å². The van der Waals surface area contributed by atoms with Gasteiger partial charge in [-0.3, -0.25) is 0 Å². The molecular formula is C16H17NO4S. The van der Waals surface area contributed by atoms with E-state index in [4.69, 9.17) is 10.5 Å². The number of benzene rings is 2. The normalized spacial score (nSPS) is 12.6. The lowest BCUT2D eigenvalue weighted by Crippen LogP contribution is -2.23. The molecule has 0 saturated carbocycles. The zero-order valence-electron chi connectivity index (χ0n) is 12.1. The summed E-state index contributed by atoms with van der Waals surface area (Å²) in [5.74, 6) is -0.541. The van der Waals surface area contributed by atoms with Gasteiger partial charge in [0.1, 0.15) is 6.04 Å². The number of carbonyl (C=O) groups is 1. The van der Waals surface area contributed by atoms with Gasteiger partial charge in [-0.1, -0.05) is 30.3 Å². The van der Waals surface area contributed by atoms with E-state index in [1.54, 1.807) is 25.1 Å². The van der Waals surface area contributed by atoms with Gasteiger partial charge in [0.05, 0.1) is 16.4 Å². The van der Waals surface area contributed by atoms with Gasteiger partial charge in [0.2, 0.25) is 9.84 Å². The SMILES string of the molecule is CCOC(=O)C(N)c1ccc(S(=O)(=O)c2ccccc2)cc1. The van der Waals surface area contributed by atoms with Crippen molar-refractivity contribution in [1.82, 2.24) is 0 Å². The van der Waals surface area contributed by atoms with Crippen LogP contribution in [0.1, 0.15) is 18.5 Å². The standard InChI is InChI=1S/C16H17NO4S/c1-2-21-16(18)15(17)12-8-10-14(11-9-12)22(19,20)13-6-4-3-5-7-13/h3-11,15H,2,17H2,1H3. The second-order valence-corrected chi connectivity index (χ2v) is 6.56. The molecular weight excluding hydrogens is 302 g/mol. The molecule has 0 aliphatic rings. The van der Waals surface area contributed by atoms with Crippen LogP contribution in [0.25, 0.3) is 0 Å². The molecule has 2 N–H and O–H groups in total. The Balaban J connectivity index is 2.28. The molecule has 0 heterocycles. The Morgan fingerprint density at radius 1 is 1.05 bits per heavy atom. The van der Waals surface area contributed by atoms with Crippen molar-refractivity contribution in [2.75, 3.05) is 6.61 Å². The first-order valence-corrected chi connectivity index (χ1v) is 8.27. The average Bonchev–Trinajstić information content (AvgIpc) is 2.55. The van der Waals surface area contributed by atoms with Crippen LogP contribution in [0.15, 0.2) is 64.4 Å². The van der Waals surface area contributed by atoms with E-state index in [0.717, 1.165) is 0 Å². The van der Waals surface area contributed by atoms with Gasteiger partial charge >= 0.3 is 5.97 Å². The molecule has 0 spiro atoms. The van der Waals surface area contributed by atoms with Crippen LogP contribution in [0.2, 0.25) is 0 Å². The first-order chi connectivity index (χ1) is 10.5. The van der Waals surface area contributed by atoms with Crippen molar-refractivity contribution >= 4 is 15.8 Å². The molecule has 1 unspecified atom stereocenters. The largest absolute Gasteiger partial charge is 0.465 e. The summed E-state index contributed by atoms with van der Waals surface area (Å²) in [6.07, 6.45) is 0. The summed E-state index contributed by atoms with van der Waals surface area (Å²) >= 11 is 0. The Labute approximate surface area is 129 Å². The van der Waals surface area contributed by atoms with Crippen LogP contribution in [-0.2, 0) is 19.4 Å². The molecule has 0 bridgehead atoms. The van der Waals surface area contributed by atoms with E-state index in [9.17, 15) is 13.2 Å². The number of sulfone groups is 1. The summed E-state index contributed by atoms with van der Waals surface area (Å²) in [7, 11) is -3.57. The van der Waals surface area contributed by atoms with Crippen LogP contribution in [0, 0.1) is 0 Å². The number of hydrogen-bond donors (Lipinski definition) is 1. The highest BCUT2D eigenvalue weighted by Crippen LogP contribution is 2.22. The lowest BCUT2D eigenvalue weighted by Gasteiger charge is -2.11. The Morgan fingerprint density at radius 2 is 1.59 bits per heavy atom. The molecule has 2 aromatic rings. The Hall–Kier alpha value is -2.18. The van der Waals surface area contributed by atoms with E-state index in [1.807, 2.05) is 0 Å². The number of rotatable bonds is 5. The summed E-state index contributed by atoms with van der Waals surface area (Å²) in [6, 6.07) is 13.2. The Bertz CT molecular complexity index is 739. The van der Waals surface area contributed by atoms with Crippen LogP contribution < -0.4 is 5.73 Å². The van der Waals surface area contributed by atoms with Gasteiger partial charge < -0.3 is 10.5 Å². The summed E-state index contributed by atoms with van der Waals surface area (Å²) < 4.78 is 29.7. The highest BCUT2D eigenvalue weighted by atomic mass is 32.2. The molecule has 2 aromatic carbocycles. The predicted molar refractivity (Wildman–Crippen MR) is 81.9 cm³/mol. The monoisotopic (exact) mass is 319 g/mol. The minimum absolute atomic E-state index is 0.151. The quantitative estimate of drug-likeness (QED) is 0.853. The lowest BCUT2D eigenvalue weighted by atomic mass is 10.1. The van der Waals surface area contributed by atoms with Gasteiger partial charge in [0.25, 0.3) is 0 Å². The molecule has 0 fully saturated rings. The van der Waals surface area contributed by atoms with E-state index in [1.165, 1.54) is 36.4 Å². The fourth-order valence-corrected chi connectivity index (χ4v) is 3.24. The molecule has 5 nitrogen and oxygen atoms in total. The van der Waals surface area contributed by atoms with Crippen molar-refractivity contribution in [1.29, 1.82) is 0 Å². The van der Waals surface area contributed by atoms with Gasteiger partial charge in [-0.2, -0.15) is 0 Å². The molecule has 2 rings (SSSR count). The van der Waals surface area contributed by atoms with Crippen molar-refractivity contribution in [2.24, 2.45) is 5.73 Å². The average molecular weight is 319 g/mol. The molecule has 1 atom stereocenters. The summed E-state index contributed by atoms with van der Waals surface area (Å²) in [5.41, 5.74) is 6.28. The van der Waals surface area contributed by atoms with Crippen LogP contribution >= 0.6 is 0 Å². The Morgan fingerprint density at radius 3 is 2.14 bits per heavy atom. The highest BCUT2D eigenvalue weighted by Gasteiger charge is 2.20. The number of esters is 1. The first kappa shape index (κ1) is 16.2. The second kappa shape index (κ2) is 6.72. The fraction of sp³-hybridized carbons (Fsp3) is 0.188. The van der Waals surface area contributed by atoms with Crippen LogP contribution in [0.5, 0.6) is 0 Å². The third-order valence-electron chi connectivity index (χ3n) is 3.14. The van der Waals surface area contributed by atoms with E-state index < -0.39 is 21.8 Å². The maximum atomic E-state index is 12.4. The molecule has 0 aliphatic carbocycles. The van der Waals surface area contributed by atoms with Crippen molar-refractivity contribution in [3.05, 3.63) is 60.2 Å². The highest BCUT2D eigenvalue weighted by molar-refractivity contribution is 7.91. The Kier molecular flexibility index (Phi) is 4.95. The van der Waals surface area contributed by atoms with Crippen LogP contribution in [0.4, 0.5) is 0 Å². The molecule has 0 aliphatic heterocycles. The molecule has 0 saturated heterocycles. The van der Waals surface area contributed by atoms with Crippen LogP contribution in [0.3, 0.4) is 0 Å². The molecule has 0 amide bonds. The number of ether oxygens (including phenoxy) is 1. The predicted octanol–water partition coefficient (Wildman–Crippen LogP) is 2.08. The maximum Gasteiger partial charge on any atom is 0.327 e. The van der Waals surface area contributed by atoms with E-state index in [-0.39, 0.29) is 16.4 Å². The van der Waals surface area contributed by atoms with E-state index in [2.05, 4.69) is 0 Å². The lowest BCUT2D eigenvalue weighted by molar-refractivity contribution is -0.144. The minimum Gasteiger partial charge on any atom is -0.465 e. The molecule has 0 radical (unpaired) electrons. The first-order valence-electron chi connectivity index (χ1n) is 6.79. The molecule has 6 heteroatoms. The molecule has 22 heavy (non-hydrogen) atoms. The van der Waals surface area contributed by atoms with Crippen molar-refractivity contribution in [3.8, 4) is 0 Å². The summed E-state index contributed by atoms with van der Waals surface area (Å²) in [6.45, 7) is 1.94. The van der Waals surface area contributed by atoms with Gasteiger partial charge in [0.15, 0.2) is 0 Å².